The van der Waals surface area contributed by atoms with Crippen molar-refractivity contribution in [1.82, 2.24) is 0 Å². The summed E-state index contributed by atoms with van der Waals surface area (Å²) in [4.78, 5) is 11.3. The van der Waals surface area contributed by atoms with Crippen molar-refractivity contribution in [3.8, 4) is 0 Å². The molecule has 0 spiro atoms. The fourth-order valence-corrected chi connectivity index (χ4v) is 3.90. The number of rotatable bonds is 5. The van der Waals surface area contributed by atoms with Crippen LogP contribution in [0.15, 0.2) is 0 Å². The number of ketones is 1. The number of carbonyl (C=O) groups is 1. The summed E-state index contributed by atoms with van der Waals surface area (Å²) in [6, 6.07) is 0. The number of Topliss-reactive ketones (excluding diaryl/α,β-unsaturated/α-hetero) is 1. The monoisotopic (exact) mass is 252 g/mol. The molecule has 2 aliphatic carbocycles. The zero-order valence-electron chi connectivity index (χ0n) is 11.8. The molecule has 18 heavy (non-hydrogen) atoms. The lowest BCUT2D eigenvalue weighted by molar-refractivity contribution is -0.121. The smallest absolute Gasteiger partial charge is 0.132 e. The fraction of sp³-hybridized carbons (Fsp3) is 0.938. The Morgan fingerprint density at radius 2 is 1.61 bits per heavy atom. The van der Waals surface area contributed by atoms with Crippen LogP contribution >= 0.6 is 0 Å². The van der Waals surface area contributed by atoms with Crippen molar-refractivity contribution in [3.05, 3.63) is 0 Å². The summed E-state index contributed by atoms with van der Waals surface area (Å²) in [6.45, 7) is 0.921. The maximum atomic E-state index is 11.3. The highest BCUT2D eigenvalue weighted by Crippen LogP contribution is 2.40. The molecule has 0 radical (unpaired) electrons. The number of methoxy groups -OCH3 is 1. The molecule has 0 aromatic rings. The third kappa shape index (κ3) is 4.08. The van der Waals surface area contributed by atoms with Crippen LogP contribution in [0.5, 0.6) is 0 Å². The van der Waals surface area contributed by atoms with Gasteiger partial charge in [0.2, 0.25) is 0 Å². The molecule has 0 aromatic heterocycles. The van der Waals surface area contributed by atoms with Crippen LogP contribution in [0, 0.1) is 17.8 Å². The Hall–Kier alpha value is -0.370. The van der Waals surface area contributed by atoms with Gasteiger partial charge in [0, 0.05) is 26.6 Å². The lowest BCUT2D eigenvalue weighted by atomic mass is 9.70. The summed E-state index contributed by atoms with van der Waals surface area (Å²) in [5, 5.41) is 0. The first-order valence-corrected chi connectivity index (χ1v) is 7.80. The normalized spacial score (nSPS) is 30.6. The number of hydrogen-bond donors (Lipinski definition) is 0. The summed E-state index contributed by atoms with van der Waals surface area (Å²) in [6.07, 6.45) is 12.3. The summed E-state index contributed by atoms with van der Waals surface area (Å²) in [7, 11) is 1.79. The number of ether oxygens (including phenoxy) is 1. The van der Waals surface area contributed by atoms with Crippen LogP contribution in [-0.4, -0.2) is 19.5 Å². The molecule has 2 nitrogen and oxygen atoms in total. The van der Waals surface area contributed by atoms with E-state index in [4.69, 9.17) is 4.74 Å². The second-order valence-corrected chi connectivity index (χ2v) is 6.29. The van der Waals surface area contributed by atoms with Gasteiger partial charge < -0.3 is 4.74 Å². The zero-order valence-corrected chi connectivity index (χ0v) is 11.8. The van der Waals surface area contributed by atoms with Gasteiger partial charge in [-0.05, 0) is 56.3 Å². The Morgan fingerprint density at radius 3 is 2.22 bits per heavy atom. The number of hydrogen-bond acceptors (Lipinski definition) is 2. The van der Waals surface area contributed by atoms with Crippen molar-refractivity contribution in [1.29, 1.82) is 0 Å². The van der Waals surface area contributed by atoms with Gasteiger partial charge in [0.25, 0.3) is 0 Å². The standard InChI is InChI=1S/C16H28O2/c1-18-12-2-3-13-4-6-14(7-5-13)15-8-10-16(17)11-9-15/h13-15H,2-12H2,1H3. The molecule has 2 rings (SSSR count). The molecule has 2 fully saturated rings. The Labute approximate surface area is 111 Å². The van der Waals surface area contributed by atoms with E-state index in [1.54, 1.807) is 7.11 Å². The van der Waals surface area contributed by atoms with E-state index in [0.29, 0.717) is 5.78 Å². The van der Waals surface area contributed by atoms with Crippen LogP contribution in [0.3, 0.4) is 0 Å². The molecule has 2 aliphatic rings. The first-order valence-electron chi connectivity index (χ1n) is 7.80. The van der Waals surface area contributed by atoms with E-state index in [0.717, 1.165) is 37.2 Å². The van der Waals surface area contributed by atoms with E-state index in [9.17, 15) is 4.79 Å². The van der Waals surface area contributed by atoms with E-state index >= 15 is 0 Å². The molecule has 2 saturated carbocycles. The molecule has 0 bridgehead atoms. The highest BCUT2D eigenvalue weighted by molar-refractivity contribution is 5.79. The van der Waals surface area contributed by atoms with Gasteiger partial charge in [-0.15, -0.1) is 0 Å². The van der Waals surface area contributed by atoms with Crippen molar-refractivity contribution in [2.45, 2.75) is 64.2 Å². The second kappa shape index (κ2) is 7.28. The van der Waals surface area contributed by atoms with Crippen molar-refractivity contribution in [3.63, 3.8) is 0 Å². The van der Waals surface area contributed by atoms with Crippen molar-refractivity contribution >= 4 is 5.78 Å². The maximum absolute atomic E-state index is 11.3. The molecule has 0 unspecified atom stereocenters. The highest BCUT2D eigenvalue weighted by atomic mass is 16.5. The molecule has 0 saturated heterocycles. The number of carbonyl (C=O) groups excluding carboxylic acids is 1. The molecule has 0 aliphatic heterocycles. The molecule has 2 heteroatoms. The predicted octanol–water partition coefficient (Wildman–Crippen LogP) is 3.98. The Bertz CT molecular complexity index is 244. The Kier molecular flexibility index (Phi) is 5.68. The van der Waals surface area contributed by atoms with Crippen molar-refractivity contribution in [2.24, 2.45) is 17.8 Å². The first kappa shape index (κ1) is 14.0. The van der Waals surface area contributed by atoms with Crippen molar-refractivity contribution in [2.75, 3.05) is 13.7 Å². The van der Waals surface area contributed by atoms with E-state index in [1.165, 1.54) is 51.4 Å². The van der Waals surface area contributed by atoms with Gasteiger partial charge in [-0.2, -0.15) is 0 Å². The molecule has 0 N–H and O–H groups in total. The SMILES string of the molecule is COCCCC1CCC(C2CCC(=O)CC2)CC1. The van der Waals surface area contributed by atoms with Gasteiger partial charge in [-0.3, -0.25) is 4.79 Å². The average Bonchev–Trinajstić information content (AvgIpc) is 2.41. The topological polar surface area (TPSA) is 26.3 Å². The quantitative estimate of drug-likeness (QED) is 0.692. The average molecular weight is 252 g/mol. The van der Waals surface area contributed by atoms with Crippen LogP contribution in [0.25, 0.3) is 0 Å². The van der Waals surface area contributed by atoms with Gasteiger partial charge in [-0.25, -0.2) is 0 Å². The van der Waals surface area contributed by atoms with Gasteiger partial charge >= 0.3 is 0 Å². The van der Waals surface area contributed by atoms with Crippen molar-refractivity contribution < 1.29 is 9.53 Å². The highest BCUT2D eigenvalue weighted by Gasteiger charge is 2.29. The Balaban J connectivity index is 1.65. The third-order valence-corrected chi connectivity index (χ3v) is 5.11. The van der Waals surface area contributed by atoms with E-state index in [2.05, 4.69) is 0 Å². The second-order valence-electron chi connectivity index (χ2n) is 6.29. The molecule has 0 heterocycles. The fourth-order valence-electron chi connectivity index (χ4n) is 3.90. The minimum Gasteiger partial charge on any atom is -0.385 e. The molecule has 0 atom stereocenters. The van der Waals surface area contributed by atoms with Crippen LogP contribution in [0.4, 0.5) is 0 Å². The largest absolute Gasteiger partial charge is 0.385 e. The summed E-state index contributed by atoms with van der Waals surface area (Å²) in [5.41, 5.74) is 0. The molecule has 0 aromatic carbocycles. The zero-order chi connectivity index (χ0) is 12.8. The predicted molar refractivity (Wildman–Crippen MR) is 73.5 cm³/mol. The van der Waals surface area contributed by atoms with Gasteiger partial charge in [0.1, 0.15) is 5.78 Å². The van der Waals surface area contributed by atoms with Gasteiger partial charge in [0.05, 0.1) is 0 Å². The molecular formula is C16H28O2. The van der Waals surface area contributed by atoms with E-state index in [-0.39, 0.29) is 0 Å². The Morgan fingerprint density at radius 1 is 1.00 bits per heavy atom. The van der Waals surface area contributed by atoms with Crippen LogP contribution < -0.4 is 0 Å². The molecule has 104 valence electrons. The summed E-state index contributed by atoms with van der Waals surface area (Å²) >= 11 is 0. The van der Waals surface area contributed by atoms with E-state index < -0.39 is 0 Å². The lowest BCUT2D eigenvalue weighted by Gasteiger charge is -2.35. The minimum absolute atomic E-state index is 0.500. The molecular weight excluding hydrogens is 224 g/mol. The van der Waals surface area contributed by atoms with Crippen LogP contribution in [-0.2, 0) is 9.53 Å². The first-order chi connectivity index (χ1) is 8.79. The maximum Gasteiger partial charge on any atom is 0.132 e. The minimum atomic E-state index is 0.500. The van der Waals surface area contributed by atoms with Gasteiger partial charge in [0.15, 0.2) is 0 Å². The van der Waals surface area contributed by atoms with Gasteiger partial charge in [-0.1, -0.05) is 12.8 Å². The lowest BCUT2D eigenvalue weighted by Crippen LogP contribution is -2.25. The summed E-state index contributed by atoms with van der Waals surface area (Å²) < 4.78 is 5.13. The van der Waals surface area contributed by atoms with Crippen LogP contribution in [0.1, 0.15) is 64.2 Å². The third-order valence-electron chi connectivity index (χ3n) is 5.11. The van der Waals surface area contributed by atoms with Crippen LogP contribution in [0.2, 0.25) is 0 Å². The summed E-state index contributed by atoms with van der Waals surface area (Å²) in [5.74, 6) is 3.24. The molecule has 0 amide bonds. The van der Waals surface area contributed by atoms with E-state index in [1.807, 2.05) is 0 Å².